The summed E-state index contributed by atoms with van der Waals surface area (Å²) in [5.74, 6) is -1.20. The van der Waals surface area contributed by atoms with Crippen molar-refractivity contribution in [3.8, 4) is 0 Å². The van der Waals surface area contributed by atoms with E-state index in [1.807, 2.05) is 24.9 Å². The highest BCUT2D eigenvalue weighted by atomic mass is 32.2. The van der Waals surface area contributed by atoms with Gasteiger partial charge in [-0.3, -0.25) is 9.79 Å². The quantitative estimate of drug-likeness (QED) is 0.209. The highest BCUT2D eigenvalue weighted by Crippen LogP contribution is 2.35. The van der Waals surface area contributed by atoms with E-state index < -0.39 is 34.0 Å². The summed E-state index contributed by atoms with van der Waals surface area (Å²) in [6.45, 7) is 5.25. The van der Waals surface area contributed by atoms with Gasteiger partial charge >= 0.3 is 5.97 Å². The van der Waals surface area contributed by atoms with Crippen molar-refractivity contribution in [2.24, 2.45) is 28.3 Å². The molecular formula is C24H38N6O5S. The normalized spacial score (nSPS) is 23.0. The molecule has 36 heavy (non-hydrogen) atoms. The number of fused-ring (bicyclic) bond motifs is 1. The lowest BCUT2D eigenvalue weighted by Crippen LogP contribution is -2.56. The van der Waals surface area contributed by atoms with Gasteiger partial charge in [-0.05, 0) is 55.6 Å². The molecule has 0 bridgehead atoms. The third-order valence-corrected chi connectivity index (χ3v) is 8.38. The first-order valence-corrected chi connectivity index (χ1v) is 13.8. The second kappa shape index (κ2) is 11.5. The number of aliphatic carboxylic acids is 1. The number of aliphatic imine (C=N–C) groups is 1. The summed E-state index contributed by atoms with van der Waals surface area (Å²) in [5.41, 5.74) is 12.3. The van der Waals surface area contributed by atoms with Crippen molar-refractivity contribution < 1.29 is 23.1 Å². The van der Waals surface area contributed by atoms with E-state index in [9.17, 15) is 23.1 Å². The maximum absolute atomic E-state index is 13.6. The molecule has 3 rings (SSSR count). The minimum atomic E-state index is -4.11. The second-order valence-electron chi connectivity index (χ2n) is 10.1. The number of guanidine groups is 1. The number of likely N-dealkylation sites (tertiary alicyclic amines) is 1. The molecule has 0 radical (unpaired) electrons. The van der Waals surface area contributed by atoms with Crippen LogP contribution in [0.15, 0.2) is 28.1 Å². The molecule has 1 aromatic rings. The Morgan fingerprint density at radius 1 is 1.25 bits per heavy atom. The fourth-order valence-electron chi connectivity index (χ4n) is 5.21. The molecule has 1 amide bonds. The lowest BCUT2D eigenvalue weighted by atomic mass is 9.91. The number of carbonyl (C=O) groups excluding carboxylic acids is 1. The highest BCUT2D eigenvalue weighted by Gasteiger charge is 2.39. The van der Waals surface area contributed by atoms with Crippen LogP contribution in [0.5, 0.6) is 0 Å². The van der Waals surface area contributed by atoms with Gasteiger partial charge in [-0.2, -0.15) is 4.72 Å². The van der Waals surface area contributed by atoms with E-state index >= 15 is 0 Å². The highest BCUT2D eigenvalue weighted by molar-refractivity contribution is 7.89. The Kier molecular flexibility index (Phi) is 8.83. The van der Waals surface area contributed by atoms with Crippen molar-refractivity contribution in [3.63, 3.8) is 0 Å². The lowest BCUT2D eigenvalue weighted by Gasteiger charge is -2.38. The molecule has 4 unspecified atom stereocenters. The Labute approximate surface area is 213 Å². The Morgan fingerprint density at radius 3 is 2.64 bits per heavy atom. The minimum Gasteiger partial charge on any atom is -0.480 e. The summed E-state index contributed by atoms with van der Waals surface area (Å²) in [5, 5.41) is 9.74. The van der Waals surface area contributed by atoms with E-state index in [4.69, 9.17) is 11.5 Å². The number of nitrogens with zero attached hydrogens (tertiary/aromatic N) is 3. The zero-order chi connectivity index (χ0) is 26.6. The number of hydrogen-bond donors (Lipinski definition) is 4. The van der Waals surface area contributed by atoms with Gasteiger partial charge in [-0.15, -0.1) is 0 Å². The Morgan fingerprint density at radius 2 is 1.97 bits per heavy atom. The first-order valence-electron chi connectivity index (χ1n) is 12.3. The third kappa shape index (κ3) is 6.47. The minimum absolute atomic E-state index is 0.0948. The van der Waals surface area contributed by atoms with Gasteiger partial charge in [0.1, 0.15) is 17.0 Å². The van der Waals surface area contributed by atoms with Gasteiger partial charge in [0.05, 0.1) is 5.69 Å². The summed E-state index contributed by atoms with van der Waals surface area (Å²) < 4.78 is 29.9. The van der Waals surface area contributed by atoms with Gasteiger partial charge in [0, 0.05) is 26.7 Å². The van der Waals surface area contributed by atoms with Gasteiger partial charge in [-0.1, -0.05) is 26.0 Å². The molecule has 1 saturated heterocycles. The van der Waals surface area contributed by atoms with Gasteiger partial charge < -0.3 is 26.4 Å². The number of piperidine rings is 1. The predicted molar refractivity (Wildman–Crippen MR) is 138 cm³/mol. The Balaban J connectivity index is 1.91. The summed E-state index contributed by atoms with van der Waals surface area (Å²) in [6, 6.07) is 3.02. The smallest absolute Gasteiger partial charge is 0.326 e. The molecule has 11 nitrogen and oxygen atoms in total. The number of carboxylic acids is 1. The molecule has 0 spiro atoms. The van der Waals surface area contributed by atoms with Crippen molar-refractivity contribution in [1.29, 1.82) is 0 Å². The van der Waals surface area contributed by atoms with Crippen molar-refractivity contribution in [2.75, 3.05) is 31.6 Å². The van der Waals surface area contributed by atoms with E-state index in [1.165, 1.54) is 11.0 Å². The molecule has 0 saturated carbocycles. The van der Waals surface area contributed by atoms with Gasteiger partial charge in [0.15, 0.2) is 5.96 Å². The number of nitrogens with one attached hydrogen (secondary N) is 1. The Bertz CT molecular complexity index is 1100. The largest absolute Gasteiger partial charge is 0.480 e. The maximum Gasteiger partial charge on any atom is 0.326 e. The van der Waals surface area contributed by atoms with Crippen LogP contribution in [0.3, 0.4) is 0 Å². The van der Waals surface area contributed by atoms with Crippen molar-refractivity contribution in [1.82, 2.24) is 9.62 Å². The van der Waals surface area contributed by atoms with E-state index in [-0.39, 0.29) is 36.3 Å². The average Bonchev–Trinajstić information content (AvgIpc) is 2.79. The average molecular weight is 523 g/mol. The Hall–Kier alpha value is -2.86. The number of anilines is 1. The monoisotopic (exact) mass is 522 g/mol. The third-order valence-electron chi connectivity index (χ3n) is 6.88. The van der Waals surface area contributed by atoms with Crippen LogP contribution in [-0.2, 0) is 26.0 Å². The van der Waals surface area contributed by atoms with Crippen LogP contribution in [0.25, 0.3) is 0 Å². The number of rotatable bonds is 9. The van der Waals surface area contributed by atoms with E-state index in [1.54, 1.807) is 6.07 Å². The van der Waals surface area contributed by atoms with Crippen LogP contribution in [0.2, 0.25) is 0 Å². The predicted octanol–water partition coefficient (Wildman–Crippen LogP) is 0.727. The van der Waals surface area contributed by atoms with Gasteiger partial charge in [0.2, 0.25) is 15.9 Å². The van der Waals surface area contributed by atoms with E-state index in [0.717, 1.165) is 12.0 Å². The van der Waals surface area contributed by atoms with E-state index in [2.05, 4.69) is 16.6 Å². The number of sulfonamides is 1. The topological polar surface area (TPSA) is 171 Å². The summed E-state index contributed by atoms with van der Waals surface area (Å²) in [7, 11) is -2.25. The molecule has 1 fully saturated rings. The second-order valence-corrected chi connectivity index (χ2v) is 11.8. The summed E-state index contributed by atoms with van der Waals surface area (Å²) >= 11 is 0. The first-order chi connectivity index (χ1) is 16.9. The van der Waals surface area contributed by atoms with Crippen molar-refractivity contribution >= 4 is 33.5 Å². The first kappa shape index (κ1) is 27.7. The molecule has 0 aromatic heterocycles. The number of hydrogen-bond acceptors (Lipinski definition) is 6. The van der Waals surface area contributed by atoms with Crippen molar-refractivity contribution in [3.05, 3.63) is 23.8 Å². The maximum atomic E-state index is 13.6. The SMILES string of the molecule is CC1CCN(C(=O)C(CCCN=C(N)N)NS(=O)(=O)c2cccc3c2N(C)CC(C)C3)C(C(=O)O)C1. The van der Waals surface area contributed by atoms with Gasteiger partial charge in [-0.25, -0.2) is 13.2 Å². The van der Waals surface area contributed by atoms with Crippen LogP contribution in [-0.4, -0.2) is 75.0 Å². The molecule has 12 heteroatoms. The molecule has 6 N–H and O–H groups in total. The van der Waals surface area contributed by atoms with Crippen molar-refractivity contribution in [2.45, 2.75) is 62.9 Å². The molecule has 2 aliphatic rings. The van der Waals surface area contributed by atoms with E-state index in [0.29, 0.717) is 37.4 Å². The molecule has 200 valence electrons. The number of benzene rings is 1. The van der Waals surface area contributed by atoms with Crippen LogP contribution in [0.1, 0.15) is 45.1 Å². The number of carbonyl (C=O) groups is 2. The van der Waals surface area contributed by atoms with Crippen LogP contribution >= 0.6 is 0 Å². The molecule has 2 heterocycles. The summed E-state index contributed by atoms with van der Waals surface area (Å²) in [4.78, 5) is 32.8. The zero-order valence-corrected chi connectivity index (χ0v) is 22.0. The fourth-order valence-corrected chi connectivity index (χ4v) is 6.73. The molecule has 2 aliphatic heterocycles. The van der Waals surface area contributed by atoms with Gasteiger partial charge in [0.25, 0.3) is 0 Å². The lowest BCUT2D eigenvalue weighted by molar-refractivity contribution is -0.153. The van der Waals surface area contributed by atoms with Crippen LogP contribution in [0, 0.1) is 11.8 Å². The molecule has 0 aliphatic carbocycles. The number of carboxylic acid groups (broad SMARTS) is 1. The molecule has 1 aromatic carbocycles. The summed E-state index contributed by atoms with van der Waals surface area (Å²) in [6.07, 6.45) is 2.19. The van der Waals surface area contributed by atoms with Crippen LogP contribution in [0.4, 0.5) is 5.69 Å². The fraction of sp³-hybridized carbons (Fsp3) is 0.625. The number of para-hydroxylation sites is 1. The zero-order valence-electron chi connectivity index (χ0n) is 21.2. The standard InChI is InChI=1S/C24H38N6O5S/c1-15-9-11-30(19(13-15)23(32)33)22(31)18(7-5-10-27-24(25)26)28-36(34,35)20-8-4-6-17-12-16(2)14-29(3)21(17)20/h4,6,8,15-16,18-19,28H,5,7,9-14H2,1-3H3,(H,32,33)(H4,25,26,27). The van der Waals surface area contributed by atoms with Crippen LogP contribution < -0.4 is 21.1 Å². The number of nitrogens with two attached hydrogens (primary N) is 2. The molecule has 4 atom stereocenters. The number of amides is 1. The molecular weight excluding hydrogens is 484 g/mol.